The molecule has 0 saturated carbocycles. The number of rotatable bonds is 4. The van der Waals surface area contributed by atoms with E-state index in [1.165, 1.54) is 0 Å². The zero-order chi connectivity index (χ0) is 14.0. The van der Waals surface area contributed by atoms with Crippen molar-refractivity contribution in [2.45, 2.75) is 25.3 Å². The number of aliphatic carboxylic acids is 1. The molecule has 1 aromatic rings. The van der Waals surface area contributed by atoms with Crippen LogP contribution in [0.15, 0.2) is 6.20 Å². The Balaban J connectivity index is 2.36. The van der Waals surface area contributed by atoms with Gasteiger partial charge < -0.3 is 10.0 Å². The lowest BCUT2D eigenvalue weighted by molar-refractivity contribution is -0.384. The first-order chi connectivity index (χ1) is 8.99. The molecule has 2 heterocycles. The summed E-state index contributed by atoms with van der Waals surface area (Å²) >= 11 is 5.67. The van der Waals surface area contributed by atoms with Crippen LogP contribution in [0.25, 0.3) is 0 Å². The van der Waals surface area contributed by atoms with E-state index in [1.807, 2.05) is 0 Å². The van der Waals surface area contributed by atoms with Crippen LogP contribution in [-0.2, 0) is 4.79 Å². The van der Waals surface area contributed by atoms with Crippen LogP contribution >= 0.6 is 11.6 Å². The lowest BCUT2D eigenvalue weighted by atomic mass is 10.1. The van der Waals surface area contributed by atoms with Crippen molar-refractivity contribution in [1.29, 1.82) is 0 Å². The van der Waals surface area contributed by atoms with Gasteiger partial charge in [-0.05, 0) is 24.4 Å². The zero-order valence-corrected chi connectivity index (χ0v) is 10.6. The molecule has 2 rings (SSSR count). The first-order valence-corrected chi connectivity index (χ1v) is 6.02. The highest BCUT2D eigenvalue weighted by molar-refractivity contribution is 6.28. The van der Waals surface area contributed by atoms with Crippen LogP contribution in [0.1, 0.15) is 19.3 Å². The fourth-order valence-corrected chi connectivity index (χ4v) is 2.34. The Labute approximate surface area is 113 Å². The predicted octanol–water partition coefficient (Wildman–Crippen LogP) is 1.48. The number of carboxylic acid groups (broad SMARTS) is 1. The maximum absolute atomic E-state index is 11.0. The molecule has 0 aromatic carbocycles. The van der Waals surface area contributed by atoms with E-state index in [1.54, 1.807) is 4.90 Å². The minimum absolute atomic E-state index is 0.0845. The third kappa shape index (κ3) is 2.90. The summed E-state index contributed by atoms with van der Waals surface area (Å²) in [6.45, 7) is 0.520. The van der Waals surface area contributed by atoms with Gasteiger partial charge in [0.25, 0.3) is 0 Å². The Morgan fingerprint density at radius 1 is 1.68 bits per heavy atom. The summed E-state index contributed by atoms with van der Waals surface area (Å²) in [5.41, 5.74) is -0.262. The van der Waals surface area contributed by atoms with E-state index in [4.69, 9.17) is 16.7 Å². The Morgan fingerprint density at radius 2 is 2.42 bits per heavy atom. The topological polar surface area (TPSA) is 109 Å². The Kier molecular flexibility index (Phi) is 3.79. The first kappa shape index (κ1) is 13.5. The Hall–Kier alpha value is -1.96. The molecule has 8 nitrogen and oxygen atoms in total. The molecule has 1 N–H and O–H groups in total. The largest absolute Gasteiger partial charge is 0.481 e. The third-order valence-electron chi connectivity index (χ3n) is 2.98. The molecule has 1 saturated heterocycles. The highest BCUT2D eigenvalue weighted by Crippen LogP contribution is 2.32. The highest BCUT2D eigenvalue weighted by Gasteiger charge is 2.32. The normalized spacial score (nSPS) is 18.6. The number of halogens is 1. The molecule has 0 bridgehead atoms. The van der Waals surface area contributed by atoms with Gasteiger partial charge >= 0.3 is 11.7 Å². The van der Waals surface area contributed by atoms with Crippen LogP contribution < -0.4 is 4.90 Å². The van der Waals surface area contributed by atoms with Gasteiger partial charge in [0.05, 0.1) is 11.3 Å². The second-order valence-electron chi connectivity index (χ2n) is 4.19. The molecule has 19 heavy (non-hydrogen) atoms. The number of hydrogen-bond acceptors (Lipinski definition) is 6. The van der Waals surface area contributed by atoms with Crippen molar-refractivity contribution in [3.8, 4) is 0 Å². The van der Waals surface area contributed by atoms with Crippen LogP contribution in [0.3, 0.4) is 0 Å². The number of nitro groups is 1. The van der Waals surface area contributed by atoms with Crippen molar-refractivity contribution in [3.63, 3.8) is 0 Å². The molecular weight excluding hydrogens is 276 g/mol. The fraction of sp³-hybridized carbons (Fsp3) is 0.500. The van der Waals surface area contributed by atoms with Crippen molar-refractivity contribution in [1.82, 2.24) is 9.97 Å². The summed E-state index contributed by atoms with van der Waals surface area (Å²) in [5.74, 6) is -0.853. The van der Waals surface area contributed by atoms with Crippen LogP contribution in [0, 0.1) is 10.1 Å². The molecular formula is C10H11ClN4O4. The molecule has 102 valence electrons. The van der Waals surface area contributed by atoms with Crippen molar-refractivity contribution in [2.75, 3.05) is 11.4 Å². The quantitative estimate of drug-likeness (QED) is 0.507. The monoisotopic (exact) mass is 286 g/mol. The van der Waals surface area contributed by atoms with E-state index < -0.39 is 10.9 Å². The van der Waals surface area contributed by atoms with E-state index in [0.29, 0.717) is 13.0 Å². The van der Waals surface area contributed by atoms with E-state index in [-0.39, 0.29) is 29.3 Å². The average Bonchev–Trinajstić information content (AvgIpc) is 2.75. The SMILES string of the molecule is O=C(O)C[C@H]1CCCN1c1nc(Cl)ncc1[N+](=O)[O-]. The standard InChI is InChI=1S/C10H11ClN4O4/c11-10-12-5-7(15(18)19)9(13-10)14-3-1-2-6(14)4-8(16)17/h5-6H,1-4H2,(H,16,17)/t6-/m1/s1. The van der Waals surface area contributed by atoms with Crippen LogP contribution in [0.4, 0.5) is 11.5 Å². The van der Waals surface area contributed by atoms with Gasteiger partial charge in [-0.15, -0.1) is 0 Å². The molecule has 1 aliphatic rings. The van der Waals surface area contributed by atoms with Crippen LogP contribution in [0.2, 0.25) is 5.28 Å². The van der Waals surface area contributed by atoms with Gasteiger partial charge in [0.2, 0.25) is 11.1 Å². The molecule has 0 radical (unpaired) electrons. The molecule has 1 aromatic heterocycles. The fourth-order valence-electron chi connectivity index (χ4n) is 2.21. The zero-order valence-electron chi connectivity index (χ0n) is 9.82. The third-order valence-corrected chi connectivity index (χ3v) is 3.16. The van der Waals surface area contributed by atoms with Crippen molar-refractivity contribution >= 4 is 29.1 Å². The Morgan fingerprint density at radius 3 is 3.05 bits per heavy atom. The molecule has 1 fully saturated rings. The summed E-state index contributed by atoms with van der Waals surface area (Å²) in [6.07, 6.45) is 2.38. The maximum atomic E-state index is 11.0. The first-order valence-electron chi connectivity index (χ1n) is 5.64. The lowest BCUT2D eigenvalue weighted by Gasteiger charge is -2.23. The number of hydrogen-bond donors (Lipinski definition) is 1. The maximum Gasteiger partial charge on any atom is 0.329 e. The number of carboxylic acids is 1. The number of aromatic nitrogens is 2. The van der Waals surface area contributed by atoms with Crippen LogP contribution in [-0.4, -0.2) is 38.6 Å². The van der Waals surface area contributed by atoms with Crippen LogP contribution in [0.5, 0.6) is 0 Å². The molecule has 1 atom stereocenters. The second kappa shape index (κ2) is 5.35. The van der Waals surface area contributed by atoms with Gasteiger partial charge in [-0.1, -0.05) is 0 Å². The van der Waals surface area contributed by atoms with E-state index in [0.717, 1.165) is 12.6 Å². The van der Waals surface area contributed by atoms with E-state index in [9.17, 15) is 14.9 Å². The minimum Gasteiger partial charge on any atom is -0.481 e. The molecule has 0 unspecified atom stereocenters. The van der Waals surface area contributed by atoms with Gasteiger partial charge in [-0.25, -0.2) is 4.98 Å². The minimum atomic E-state index is -0.945. The van der Waals surface area contributed by atoms with E-state index in [2.05, 4.69) is 9.97 Å². The number of carbonyl (C=O) groups is 1. The second-order valence-corrected chi connectivity index (χ2v) is 4.53. The summed E-state index contributed by atoms with van der Waals surface area (Å²) in [6, 6.07) is -0.304. The van der Waals surface area contributed by atoms with Crippen molar-refractivity contribution < 1.29 is 14.8 Å². The van der Waals surface area contributed by atoms with Gasteiger partial charge in [0.1, 0.15) is 6.20 Å². The summed E-state index contributed by atoms with van der Waals surface area (Å²) in [5, 5.41) is 19.7. The highest BCUT2D eigenvalue weighted by atomic mass is 35.5. The summed E-state index contributed by atoms with van der Waals surface area (Å²) in [7, 11) is 0. The molecule has 0 amide bonds. The summed E-state index contributed by atoms with van der Waals surface area (Å²) in [4.78, 5) is 30.3. The Bertz CT molecular complexity index is 524. The summed E-state index contributed by atoms with van der Waals surface area (Å²) < 4.78 is 0. The molecule has 0 aliphatic carbocycles. The van der Waals surface area contributed by atoms with Gasteiger partial charge in [-0.2, -0.15) is 4.98 Å². The molecule has 9 heteroatoms. The van der Waals surface area contributed by atoms with Crippen molar-refractivity contribution in [3.05, 3.63) is 21.6 Å². The molecule has 0 spiro atoms. The lowest BCUT2D eigenvalue weighted by Crippen LogP contribution is -2.32. The van der Waals surface area contributed by atoms with Gasteiger partial charge in [0.15, 0.2) is 0 Å². The van der Waals surface area contributed by atoms with Gasteiger partial charge in [-0.3, -0.25) is 14.9 Å². The molecule has 1 aliphatic heterocycles. The van der Waals surface area contributed by atoms with E-state index >= 15 is 0 Å². The average molecular weight is 287 g/mol. The smallest absolute Gasteiger partial charge is 0.329 e. The van der Waals surface area contributed by atoms with Crippen molar-refractivity contribution in [2.24, 2.45) is 0 Å². The number of nitrogens with zero attached hydrogens (tertiary/aromatic N) is 4. The predicted molar refractivity (Wildman–Crippen MR) is 66.3 cm³/mol. The van der Waals surface area contributed by atoms with Gasteiger partial charge in [0, 0.05) is 12.6 Å². The number of anilines is 1.